The van der Waals surface area contributed by atoms with Crippen molar-refractivity contribution in [1.82, 2.24) is 4.72 Å². The number of carboxylic acid groups (broad SMARTS) is 1. The summed E-state index contributed by atoms with van der Waals surface area (Å²) < 4.78 is 27.2. The van der Waals surface area contributed by atoms with Crippen LogP contribution in [0.3, 0.4) is 0 Å². The number of hydrogen-bond donors (Lipinski definition) is 3. The van der Waals surface area contributed by atoms with Crippen molar-refractivity contribution in [2.45, 2.75) is 24.0 Å². The van der Waals surface area contributed by atoms with Gasteiger partial charge in [0, 0.05) is 6.07 Å². The fourth-order valence-electron chi connectivity index (χ4n) is 2.46. The van der Waals surface area contributed by atoms with E-state index in [1.807, 2.05) is 4.72 Å². The topological polar surface area (TPSA) is 190 Å². The first-order chi connectivity index (χ1) is 13.4. The number of aliphatic hydroxyl groups is 1. The van der Waals surface area contributed by atoms with Gasteiger partial charge in [-0.1, -0.05) is 17.7 Å². The lowest BCUT2D eigenvalue weighted by Gasteiger charge is -2.21. The highest BCUT2D eigenvalue weighted by Gasteiger charge is 2.36. The molecule has 0 saturated heterocycles. The Bertz CT molecular complexity index is 1070. The summed E-state index contributed by atoms with van der Waals surface area (Å²) in [4.78, 5) is 31.3. The molecule has 12 nitrogen and oxygen atoms in total. The van der Waals surface area contributed by atoms with E-state index >= 15 is 0 Å². The molecule has 0 bridgehead atoms. The summed E-state index contributed by atoms with van der Waals surface area (Å²) in [7, 11) is -4.40. The van der Waals surface area contributed by atoms with Gasteiger partial charge in [0.05, 0.1) is 32.4 Å². The second-order valence-corrected chi connectivity index (χ2v) is 7.67. The number of benzene rings is 2. The van der Waals surface area contributed by atoms with E-state index in [-0.39, 0.29) is 4.90 Å². The van der Waals surface area contributed by atoms with Crippen molar-refractivity contribution in [1.29, 1.82) is 0 Å². The Hall–Kier alpha value is -3.42. The zero-order chi connectivity index (χ0) is 21.9. The van der Waals surface area contributed by atoms with E-state index in [2.05, 4.69) is 0 Å². The molecule has 2 atom stereocenters. The van der Waals surface area contributed by atoms with Gasteiger partial charge in [-0.3, -0.25) is 20.2 Å². The van der Waals surface area contributed by atoms with Gasteiger partial charge in [-0.2, -0.15) is 0 Å². The summed E-state index contributed by atoms with van der Waals surface area (Å²) in [5, 5.41) is 41.3. The Morgan fingerprint density at radius 2 is 1.66 bits per heavy atom. The summed E-state index contributed by atoms with van der Waals surface area (Å²) in [5.41, 5.74) is -1.38. The van der Waals surface area contributed by atoms with E-state index < -0.39 is 54.9 Å². The fourth-order valence-corrected chi connectivity index (χ4v) is 3.68. The van der Waals surface area contributed by atoms with Crippen molar-refractivity contribution in [2.75, 3.05) is 0 Å². The molecule has 154 valence electrons. The molecule has 0 spiro atoms. The lowest BCUT2D eigenvalue weighted by Crippen LogP contribution is -2.40. The molecule has 0 unspecified atom stereocenters. The molecule has 2 aromatic rings. The third kappa shape index (κ3) is 4.90. The van der Waals surface area contributed by atoms with Gasteiger partial charge in [0.1, 0.15) is 0 Å². The molecule has 13 heteroatoms. The molecule has 2 aromatic carbocycles. The maximum Gasteiger partial charge on any atom is 0.334 e. The molecule has 0 saturated carbocycles. The summed E-state index contributed by atoms with van der Waals surface area (Å²) in [6, 6.07) is 5.64. The fraction of sp³-hybridized carbons (Fsp3) is 0.188. The number of sulfonamides is 1. The van der Waals surface area contributed by atoms with Gasteiger partial charge in [0.25, 0.3) is 11.4 Å². The minimum absolute atomic E-state index is 0.268. The second kappa shape index (κ2) is 8.30. The molecule has 3 N–H and O–H groups in total. The van der Waals surface area contributed by atoms with Gasteiger partial charge in [-0.25, -0.2) is 17.9 Å². The zero-order valence-electron chi connectivity index (χ0n) is 14.8. The van der Waals surface area contributed by atoms with Crippen LogP contribution in [-0.2, 0) is 14.8 Å². The van der Waals surface area contributed by atoms with Crippen LogP contribution < -0.4 is 4.72 Å². The van der Waals surface area contributed by atoms with E-state index in [0.29, 0.717) is 6.07 Å². The Balaban J connectivity index is 2.60. The molecular weight excluding hydrogens is 410 g/mol. The van der Waals surface area contributed by atoms with Crippen molar-refractivity contribution in [2.24, 2.45) is 0 Å². The molecule has 0 amide bonds. The standard InChI is InChI=1S/C16H15N3O9S/c1-9-2-5-11(6-3-9)29(27,28)17-14(15(20)16(21)22)12-7-4-10(18(23)24)8-13(12)19(25)26/h2-8,14-15,17,20H,1H3,(H,21,22)/t14-,15+/m0/s1. The molecule has 29 heavy (non-hydrogen) atoms. The number of carbonyl (C=O) groups is 1. The predicted octanol–water partition coefficient (Wildman–Crippen LogP) is 1.28. The van der Waals surface area contributed by atoms with E-state index in [4.69, 9.17) is 5.11 Å². The van der Waals surface area contributed by atoms with Gasteiger partial charge in [-0.15, -0.1) is 0 Å². The number of hydrogen-bond acceptors (Lipinski definition) is 8. The first kappa shape index (κ1) is 21.9. The van der Waals surface area contributed by atoms with Crippen LogP contribution in [0, 0.1) is 27.2 Å². The van der Waals surface area contributed by atoms with Crippen LogP contribution in [0.2, 0.25) is 0 Å². The number of carboxylic acids is 1. The van der Waals surface area contributed by atoms with E-state index in [9.17, 15) is 38.5 Å². The highest BCUT2D eigenvalue weighted by molar-refractivity contribution is 7.89. The molecule has 0 heterocycles. The monoisotopic (exact) mass is 425 g/mol. The SMILES string of the molecule is Cc1ccc(S(=O)(=O)N[C@@H](c2ccc([N+](=O)[O-])cc2[N+](=O)[O-])[C@@H](O)C(=O)O)cc1. The van der Waals surface area contributed by atoms with Gasteiger partial charge in [0.2, 0.25) is 10.0 Å². The van der Waals surface area contributed by atoms with Gasteiger partial charge in [0.15, 0.2) is 6.10 Å². The third-order valence-electron chi connectivity index (χ3n) is 3.94. The van der Waals surface area contributed by atoms with Crippen LogP contribution in [0.4, 0.5) is 11.4 Å². The third-order valence-corrected chi connectivity index (χ3v) is 5.40. The van der Waals surface area contributed by atoms with Crippen LogP contribution in [0.5, 0.6) is 0 Å². The summed E-state index contributed by atoms with van der Waals surface area (Å²) in [6.45, 7) is 1.71. The number of aliphatic carboxylic acids is 1. The molecule has 0 aliphatic heterocycles. The van der Waals surface area contributed by atoms with Gasteiger partial charge >= 0.3 is 5.97 Å². The van der Waals surface area contributed by atoms with Crippen LogP contribution in [0.1, 0.15) is 17.2 Å². The molecule has 0 aromatic heterocycles. The number of aliphatic hydroxyl groups excluding tert-OH is 1. The normalized spacial score (nSPS) is 13.4. The maximum atomic E-state index is 12.6. The number of nitrogens with one attached hydrogen (secondary N) is 1. The smallest absolute Gasteiger partial charge is 0.334 e. The van der Waals surface area contributed by atoms with E-state index in [1.165, 1.54) is 24.3 Å². The number of rotatable bonds is 8. The van der Waals surface area contributed by atoms with Crippen molar-refractivity contribution in [3.8, 4) is 0 Å². The highest BCUT2D eigenvalue weighted by Crippen LogP contribution is 2.32. The number of nitro benzene ring substituents is 2. The highest BCUT2D eigenvalue weighted by atomic mass is 32.2. The van der Waals surface area contributed by atoms with Gasteiger partial charge in [-0.05, 0) is 25.1 Å². The first-order valence-corrected chi connectivity index (χ1v) is 9.35. The maximum absolute atomic E-state index is 12.6. The average molecular weight is 425 g/mol. The molecular formula is C16H15N3O9S. The predicted molar refractivity (Wildman–Crippen MR) is 97.6 cm³/mol. The molecule has 0 radical (unpaired) electrons. The Morgan fingerprint density at radius 1 is 1.07 bits per heavy atom. The summed E-state index contributed by atoms with van der Waals surface area (Å²) >= 11 is 0. The number of nitro groups is 2. The van der Waals surface area contributed by atoms with Crippen LogP contribution >= 0.6 is 0 Å². The Morgan fingerprint density at radius 3 is 2.14 bits per heavy atom. The van der Waals surface area contributed by atoms with Crippen molar-refractivity contribution >= 4 is 27.4 Å². The number of non-ortho nitro benzene ring substituents is 1. The number of aryl methyl sites for hydroxylation is 1. The summed E-state index contributed by atoms with van der Waals surface area (Å²) in [6.07, 6.45) is -2.41. The first-order valence-electron chi connectivity index (χ1n) is 7.86. The zero-order valence-corrected chi connectivity index (χ0v) is 15.6. The Labute approximate surface area is 163 Å². The van der Waals surface area contributed by atoms with Crippen molar-refractivity contribution in [3.63, 3.8) is 0 Å². The lowest BCUT2D eigenvalue weighted by molar-refractivity contribution is -0.394. The largest absolute Gasteiger partial charge is 0.479 e. The van der Waals surface area contributed by atoms with Crippen molar-refractivity contribution in [3.05, 3.63) is 73.8 Å². The minimum Gasteiger partial charge on any atom is -0.479 e. The number of nitrogens with zero attached hydrogens (tertiary/aromatic N) is 2. The van der Waals surface area contributed by atoms with Crippen LogP contribution in [0.15, 0.2) is 47.4 Å². The molecule has 2 rings (SSSR count). The molecule has 0 aliphatic rings. The molecule has 0 fully saturated rings. The van der Waals surface area contributed by atoms with Crippen LogP contribution in [0.25, 0.3) is 0 Å². The van der Waals surface area contributed by atoms with Gasteiger partial charge < -0.3 is 10.2 Å². The summed E-state index contributed by atoms with van der Waals surface area (Å²) in [5.74, 6) is -1.85. The van der Waals surface area contributed by atoms with Crippen LogP contribution in [-0.4, -0.2) is 40.6 Å². The van der Waals surface area contributed by atoms with E-state index in [1.54, 1.807) is 6.92 Å². The quantitative estimate of drug-likeness (QED) is 0.413. The minimum atomic E-state index is -4.40. The lowest BCUT2D eigenvalue weighted by atomic mass is 10.00. The molecule has 0 aliphatic carbocycles. The van der Waals surface area contributed by atoms with E-state index in [0.717, 1.165) is 17.7 Å². The van der Waals surface area contributed by atoms with Crippen molar-refractivity contribution < 1.29 is 33.3 Å². The second-order valence-electron chi connectivity index (χ2n) is 5.95. The Kier molecular flexibility index (Phi) is 6.26. The average Bonchev–Trinajstić information content (AvgIpc) is 2.65.